The van der Waals surface area contributed by atoms with Crippen molar-refractivity contribution >= 4 is 15.9 Å². The third kappa shape index (κ3) is 4.82. The summed E-state index contributed by atoms with van der Waals surface area (Å²) in [4.78, 5) is 12.5. The summed E-state index contributed by atoms with van der Waals surface area (Å²) < 4.78 is 32.9. The lowest BCUT2D eigenvalue weighted by Crippen LogP contribution is -2.32. The molecule has 7 nitrogen and oxygen atoms in total. The highest BCUT2D eigenvalue weighted by molar-refractivity contribution is 7.89. The second-order valence-electron chi connectivity index (χ2n) is 6.82. The molecule has 3 rings (SSSR count). The van der Waals surface area contributed by atoms with Crippen molar-refractivity contribution < 1.29 is 23.1 Å². The van der Waals surface area contributed by atoms with Crippen LogP contribution >= 0.6 is 0 Å². The topological polar surface area (TPSA) is 105 Å². The van der Waals surface area contributed by atoms with E-state index in [2.05, 4.69) is 10.0 Å². The summed E-state index contributed by atoms with van der Waals surface area (Å²) in [6.45, 7) is 0.215. The number of benzene rings is 2. The van der Waals surface area contributed by atoms with Gasteiger partial charge in [0.1, 0.15) is 0 Å². The van der Waals surface area contributed by atoms with Crippen LogP contribution in [0.25, 0.3) is 0 Å². The number of hydrogen-bond acceptors (Lipinski definition) is 5. The van der Waals surface area contributed by atoms with Gasteiger partial charge in [0, 0.05) is 18.2 Å². The van der Waals surface area contributed by atoms with Gasteiger partial charge in [-0.2, -0.15) is 0 Å². The Labute approximate surface area is 164 Å². The molecule has 3 N–H and O–H groups in total. The Kier molecular flexibility index (Phi) is 6.21. The zero-order chi connectivity index (χ0) is 20.1. The first-order chi connectivity index (χ1) is 13.4. The third-order valence-electron chi connectivity index (χ3n) is 4.78. The Morgan fingerprint density at radius 1 is 1.18 bits per heavy atom. The zero-order valence-electron chi connectivity index (χ0n) is 15.6. The quantitative estimate of drug-likeness (QED) is 0.658. The molecule has 150 valence electrons. The predicted octanol–water partition coefficient (Wildman–Crippen LogP) is 2.55. The first kappa shape index (κ1) is 20.2. The van der Waals surface area contributed by atoms with Gasteiger partial charge in [0.05, 0.1) is 12.0 Å². The van der Waals surface area contributed by atoms with Gasteiger partial charge in [-0.3, -0.25) is 4.79 Å². The highest BCUT2D eigenvalue weighted by Crippen LogP contribution is 2.26. The largest absolute Gasteiger partial charge is 0.504 e. The SMILES string of the molecule is COc1cc(CNC(=O)c2cccc(S(=O)(=O)NC3CCCC3)c2)ccc1O. The van der Waals surface area contributed by atoms with Crippen molar-refractivity contribution in [3.63, 3.8) is 0 Å². The molecule has 0 spiro atoms. The molecule has 0 heterocycles. The van der Waals surface area contributed by atoms with E-state index in [-0.39, 0.29) is 34.7 Å². The number of methoxy groups -OCH3 is 1. The van der Waals surface area contributed by atoms with E-state index in [9.17, 15) is 18.3 Å². The number of amides is 1. The number of aromatic hydroxyl groups is 1. The summed E-state index contributed by atoms with van der Waals surface area (Å²) in [7, 11) is -2.21. The Balaban J connectivity index is 1.68. The number of sulfonamides is 1. The molecule has 8 heteroatoms. The molecule has 0 atom stereocenters. The lowest BCUT2D eigenvalue weighted by Gasteiger charge is -2.13. The highest BCUT2D eigenvalue weighted by Gasteiger charge is 2.23. The number of ether oxygens (including phenoxy) is 1. The summed E-state index contributed by atoms with van der Waals surface area (Å²) in [5, 5.41) is 12.4. The number of carbonyl (C=O) groups is 1. The van der Waals surface area contributed by atoms with Crippen molar-refractivity contribution in [2.24, 2.45) is 0 Å². The zero-order valence-corrected chi connectivity index (χ0v) is 16.5. The van der Waals surface area contributed by atoms with Gasteiger partial charge >= 0.3 is 0 Å². The number of nitrogens with one attached hydrogen (secondary N) is 2. The van der Waals surface area contributed by atoms with Crippen LogP contribution in [0.2, 0.25) is 0 Å². The van der Waals surface area contributed by atoms with Gasteiger partial charge in [-0.25, -0.2) is 13.1 Å². The monoisotopic (exact) mass is 404 g/mol. The standard InChI is InChI=1S/C20H24N2O5S/c1-27-19-11-14(9-10-18(19)23)13-21-20(24)15-5-4-8-17(12-15)28(25,26)22-16-6-2-3-7-16/h4-5,8-12,16,22-23H,2-3,6-7,13H2,1H3,(H,21,24). The van der Waals surface area contributed by atoms with E-state index in [1.165, 1.54) is 25.3 Å². The molecular formula is C20H24N2O5S. The molecule has 0 radical (unpaired) electrons. The summed E-state index contributed by atoms with van der Waals surface area (Å²) in [5.74, 6) is -0.0481. The minimum Gasteiger partial charge on any atom is -0.504 e. The van der Waals surface area contributed by atoms with Crippen LogP contribution in [0, 0.1) is 0 Å². The van der Waals surface area contributed by atoms with Crippen molar-refractivity contribution in [2.75, 3.05) is 7.11 Å². The molecule has 1 aliphatic carbocycles. The van der Waals surface area contributed by atoms with E-state index in [1.54, 1.807) is 24.3 Å². The van der Waals surface area contributed by atoms with Crippen LogP contribution in [-0.4, -0.2) is 32.6 Å². The minimum absolute atomic E-state index is 0.0187. The second kappa shape index (κ2) is 8.62. The van der Waals surface area contributed by atoms with Crippen LogP contribution in [0.1, 0.15) is 41.6 Å². The lowest BCUT2D eigenvalue weighted by atomic mass is 10.1. The fourth-order valence-corrected chi connectivity index (χ4v) is 4.60. The third-order valence-corrected chi connectivity index (χ3v) is 6.30. The molecule has 0 aromatic heterocycles. The van der Waals surface area contributed by atoms with Gasteiger partial charge in [0.25, 0.3) is 5.91 Å². The summed E-state index contributed by atoms with van der Waals surface area (Å²) in [6.07, 6.45) is 3.74. The number of phenolic OH excluding ortho intramolecular Hbond substituents is 1. The molecule has 1 saturated carbocycles. The number of phenols is 1. The van der Waals surface area contributed by atoms with E-state index in [0.717, 1.165) is 31.2 Å². The number of rotatable bonds is 7. The van der Waals surface area contributed by atoms with Gasteiger partial charge in [-0.05, 0) is 48.7 Å². The summed E-state index contributed by atoms with van der Waals surface area (Å²) in [5.41, 5.74) is 1.01. The second-order valence-corrected chi connectivity index (χ2v) is 8.53. The van der Waals surface area contributed by atoms with Gasteiger partial charge in [-0.1, -0.05) is 25.0 Å². The van der Waals surface area contributed by atoms with E-state index < -0.39 is 10.0 Å². The van der Waals surface area contributed by atoms with Crippen LogP contribution in [0.15, 0.2) is 47.4 Å². The van der Waals surface area contributed by atoms with Crippen LogP contribution in [0.4, 0.5) is 0 Å². The fourth-order valence-electron chi connectivity index (χ4n) is 3.25. The molecule has 1 amide bonds. The van der Waals surface area contributed by atoms with Crippen LogP contribution in [-0.2, 0) is 16.6 Å². The van der Waals surface area contributed by atoms with Crippen molar-refractivity contribution in [3.05, 3.63) is 53.6 Å². The van der Waals surface area contributed by atoms with Gasteiger partial charge in [0.2, 0.25) is 10.0 Å². The van der Waals surface area contributed by atoms with Gasteiger partial charge in [0.15, 0.2) is 11.5 Å². The summed E-state index contributed by atoms with van der Waals surface area (Å²) in [6, 6.07) is 10.7. The molecule has 0 aliphatic heterocycles. The maximum Gasteiger partial charge on any atom is 0.251 e. The van der Waals surface area contributed by atoms with Crippen molar-refractivity contribution in [2.45, 2.75) is 43.2 Å². The van der Waals surface area contributed by atoms with Crippen LogP contribution in [0.5, 0.6) is 11.5 Å². The van der Waals surface area contributed by atoms with Gasteiger partial charge in [-0.15, -0.1) is 0 Å². The molecule has 1 fully saturated rings. The maximum absolute atomic E-state index is 12.6. The van der Waals surface area contributed by atoms with Crippen LogP contribution < -0.4 is 14.8 Å². The lowest BCUT2D eigenvalue weighted by molar-refractivity contribution is 0.0950. The average molecular weight is 404 g/mol. The number of hydrogen-bond donors (Lipinski definition) is 3. The minimum atomic E-state index is -3.65. The molecule has 0 bridgehead atoms. The molecule has 0 unspecified atom stereocenters. The van der Waals surface area contributed by atoms with Crippen molar-refractivity contribution in [1.29, 1.82) is 0 Å². The molecule has 2 aromatic carbocycles. The van der Waals surface area contributed by atoms with Crippen LogP contribution in [0.3, 0.4) is 0 Å². The first-order valence-electron chi connectivity index (χ1n) is 9.15. The Morgan fingerprint density at radius 2 is 1.93 bits per heavy atom. The van der Waals surface area contributed by atoms with Crippen molar-refractivity contribution in [3.8, 4) is 11.5 Å². The van der Waals surface area contributed by atoms with E-state index in [4.69, 9.17) is 4.74 Å². The first-order valence-corrected chi connectivity index (χ1v) is 10.6. The molecule has 1 aliphatic rings. The van der Waals surface area contributed by atoms with E-state index in [1.807, 2.05) is 0 Å². The molecule has 28 heavy (non-hydrogen) atoms. The maximum atomic E-state index is 12.6. The number of carbonyl (C=O) groups excluding carboxylic acids is 1. The Bertz CT molecular complexity index is 953. The Morgan fingerprint density at radius 3 is 2.64 bits per heavy atom. The van der Waals surface area contributed by atoms with E-state index >= 15 is 0 Å². The smallest absolute Gasteiger partial charge is 0.251 e. The van der Waals surface area contributed by atoms with Gasteiger partial charge < -0.3 is 15.2 Å². The Hall–Kier alpha value is -2.58. The fraction of sp³-hybridized carbons (Fsp3) is 0.350. The molecule has 2 aromatic rings. The summed E-state index contributed by atoms with van der Waals surface area (Å²) >= 11 is 0. The normalized spacial score (nSPS) is 14.8. The predicted molar refractivity (Wildman–Crippen MR) is 105 cm³/mol. The molecule has 0 saturated heterocycles. The average Bonchev–Trinajstić information content (AvgIpc) is 3.19. The highest BCUT2D eigenvalue weighted by atomic mass is 32.2. The van der Waals surface area contributed by atoms with E-state index in [0.29, 0.717) is 5.75 Å². The molecular weight excluding hydrogens is 380 g/mol. The van der Waals surface area contributed by atoms with Crippen molar-refractivity contribution in [1.82, 2.24) is 10.0 Å².